The molecule has 0 saturated carbocycles. The van der Waals surface area contributed by atoms with Gasteiger partial charge in [0.2, 0.25) is 0 Å². The molecule has 0 amide bonds. The minimum Gasteiger partial charge on any atom is -0.325 e. The summed E-state index contributed by atoms with van der Waals surface area (Å²) in [5, 5.41) is 11.8. The van der Waals surface area contributed by atoms with Crippen LogP contribution in [0, 0.1) is 11.6 Å². The molecular formula is C18H12F2N8. The second kappa shape index (κ2) is 6.14. The van der Waals surface area contributed by atoms with Gasteiger partial charge in [-0.2, -0.15) is 4.98 Å². The summed E-state index contributed by atoms with van der Waals surface area (Å²) in [4.78, 5) is 9.09. The number of halogens is 2. The van der Waals surface area contributed by atoms with E-state index in [1.165, 1.54) is 30.6 Å². The van der Waals surface area contributed by atoms with E-state index in [-0.39, 0.29) is 11.5 Å². The largest absolute Gasteiger partial charge is 0.325 e. The van der Waals surface area contributed by atoms with Crippen molar-refractivity contribution in [2.45, 2.75) is 12.8 Å². The molecule has 0 radical (unpaired) electrons. The van der Waals surface area contributed by atoms with Gasteiger partial charge in [0.1, 0.15) is 23.8 Å². The maximum atomic E-state index is 14.5. The van der Waals surface area contributed by atoms with E-state index in [2.05, 4.69) is 25.2 Å². The lowest BCUT2D eigenvalue weighted by Gasteiger charge is -2.31. The summed E-state index contributed by atoms with van der Waals surface area (Å²) in [7, 11) is 0. The number of fused-ring (bicyclic) bond motifs is 4. The van der Waals surface area contributed by atoms with Crippen molar-refractivity contribution in [3.8, 4) is 0 Å². The molecule has 1 aliphatic heterocycles. The van der Waals surface area contributed by atoms with Crippen molar-refractivity contribution in [1.29, 1.82) is 0 Å². The Labute approximate surface area is 156 Å². The average molecular weight is 378 g/mol. The topological polar surface area (TPSA) is 95.1 Å². The van der Waals surface area contributed by atoms with E-state index in [4.69, 9.17) is 5.53 Å². The summed E-state index contributed by atoms with van der Waals surface area (Å²) < 4.78 is 30.0. The van der Waals surface area contributed by atoms with Gasteiger partial charge in [-0.1, -0.05) is 11.2 Å². The Morgan fingerprint density at radius 1 is 1.18 bits per heavy atom. The quantitative estimate of drug-likeness (QED) is 0.290. The number of rotatable bonds is 2. The van der Waals surface area contributed by atoms with Gasteiger partial charge in [0.15, 0.2) is 0 Å². The van der Waals surface area contributed by atoms with Crippen molar-refractivity contribution in [3.63, 3.8) is 0 Å². The summed E-state index contributed by atoms with van der Waals surface area (Å²) in [6, 6.07) is 7.36. The van der Waals surface area contributed by atoms with Crippen molar-refractivity contribution in [1.82, 2.24) is 19.6 Å². The van der Waals surface area contributed by atoms with Gasteiger partial charge >= 0.3 is 0 Å². The van der Waals surface area contributed by atoms with Crippen molar-refractivity contribution in [2.75, 3.05) is 11.4 Å². The lowest BCUT2D eigenvalue weighted by Crippen LogP contribution is -2.26. The van der Waals surface area contributed by atoms with Gasteiger partial charge in [-0.15, -0.1) is 10.2 Å². The molecule has 1 aliphatic rings. The van der Waals surface area contributed by atoms with Gasteiger partial charge in [0, 0.05) is 22.5 Å². The second-order valence-electron chi connectivity index (χ2n) is 6.47. The molecule has 8 nitrogen and oxygen atoms in total. The van der Waals surface area contributed by atoms with E-state index in [9.17, 15) is 8.78 Å². The molecule has 28 heavy (non-hydrogen) atoms. The molecule has 2 aromatic carbocycles. The molecule has 0 saturated heterocycles. The van der Waals surface area contributed by atoms with Gasteiger partial charge in [0.25, 0.3) is 5.78 Å². The normalized spacial score (nSPS) is 13.6. The number of azide groups is 1. The number of benzene rings is 2. The van der Waals surface area contributed by atoms with Gasteiger partial charge in [0.05, 0.1) is 11.2 Å². The zero-order valence-corrected chi connectivity index (χ0v) is 14.4. The third-order valence-corrected chi connectivity index (χ3v) is 4.88. The molecule has 138 valence electrons. The predicted molar refractivity (Wildman–Crippen MR) is 98.8 cm³/mol. The minimum atomic E-state index is -0.669. The van der Waals surface area contributed by atoms with Crippen LogP contribution < -0.4 is 4.90 Å². The molecule has 0 atom stereocenters. The molecule has 0 spiro atoms. The standard InChI is InChI=1S/C18H12F2N8/c19-11-4-3-10-2-1-5-27(15(10)6-11)17-12-7-13(20)14(24-26-21)8-16(12)28-9-22-25-18(28)23-17/h3-4,6-9H,1-2,5H2. The van der Waals surface area contributed by atoms with Crippen LogP contribution in [0.3, 0.4) is 0 Å². The third-order valence-electron chi connectivity index (χ3n) is 4.88. The smallest absolute Gasteiger partial charge is 0.257 e. The summed E-state index contributed by atoms with van der Waals surface area (Å²) in [5.41, 5.74) is 10.8. The SMILES string of the molecule is [N-]=[N+]=Nc1cc2c(cc1F)c(N1CCCc3ccc(F)cc31)nc1nncn12. The van der Waals surface area contributed by atoms with Crippen LogP contribution in [0.2, 0.25) is 0 Å². The molecule has 5 rings (SSSR count). The first-order valence-corrected chi connectivity index (χ1v) is 8.60. The van der Waals surface area contributed by atoms with E-state index < -0.39 is 5.82 Å². The van der Waals surface area contributed by atoms with Gasteiger partial charge in [-0.05, 0) is 48.2 Å². The molecule has 0 N–H and O–H groups in total. The number of aromatic nitrogens is 4. The van der Waals surface area contributed by atoms with Crippen molar-refractivity contribution in [2.24, 2.45) is 5.11 Å². The lowest BCUT2D eigenvalue weighted by molar-refractivity contribution is 0.623. The Morgan fingerprint density at radius 2 is 2.07 bits per heavy atom. The number of hydrogen-bond acceptors (Lipinski definition) is 5. The average Bonchev–Trinajstić information content (AvgIpc) is 3.16. The van der Waals surface area contributed by atoms with Crippen molar-refractivity contribution in [3.05, 3.63) is 64.3 Å². The maximum absolute atomic E-state index is 14.5. The summed E-state index contributed by atoms with van der Waals surface area (Å²) in [6.45, 7) is 0.600. The van der Waals surface area contributed by atoms with Crippen LogP contribution in [-0.2, 0) is 6.42 Å². The molecule has 0 unspecified atom stereocenters. The Balaban J connectivity index is 1.84. The van der Waals surface area contributed by atoms with Gasteiger partial charge < -0.3 is 4.90 Å². The van der Waals surface area contributed by atoms with Crippen LogP contribution in [0.1, 0.15) is 12.0 Å². The van der Waals surface area contributed by atoms with E-state index in [1.807, 2.05) is 4.90 Å². The fourth-order valence-corrected chi connectivity index (χ4v) is 3.66. The van der Waals surface area contributed by atoms with E-state index in [1.54, 1.807) is 10.5 Å². The zero-order chi connectivity index (χ0) is 19.3. The first-order valence-electron chi connectivity index (χ1n) is 8.60. The number of hydrogen-bond donors (Lipinski definition) is 0. The number of anilines is 2. The summed E-state index contributed by atoms with van der Waals surface area (Å²) in [5.74, 6) is -0.259. The van der Waals surface area contributed by atoms with Crippen LogP contribution >= 0.6 is 0 Å². The van der Waals surface area contributed by atoms with Gasteiger partial charge in [-0.3, -0.25) is 4.40 Å². The third kappa shape index (κ3) is 2.43. The number of aryl methyl sites for hydroxylation is 1. The summed E-state index contributed by atoms with van der Waals surface area (Å²) >= 11 is 0. The fourth-order valence-electron chi connectivity index (χ4n) is 3.66. The molecule has 0 bridgehead atoms. The lowest BCUT2D eigenvalue weighted by atomic mass is 10.0. The first-order chi connectivity index (χ1) is 13.7. The van der Waals surface area contributed by atoms with E-state index >= 15 is 0 Å². The Hall–Kier alpha value is -3.78. The maximum Gasteiger partial charge on any atom is 0.257 e. The zero-order valence-electron chi connectivity index (χ0n) is 14.4. The second-order valence-corrected chi connectivity index (χ2v) is 6.47. The van der Waals surface area contributed by atoms with Crippen LogP contribution in [0.5, 0.6) is 0 Å². The highest BCUT2D eigenvalue weighted by Crippen LogP contribution is 2.38. The molecule has 2 aromatic heterocycles. The van der Waals surface area contributed by atoms with Crippen LogP contribution in [0.15, 0.2) is 41.8 Å². The molecule has 10 heteroatoms. The molecule has 0 fully saturated rings. The van der Waals surface area contributed by atoms with Crippen LogP contribution in [0.4, 0.5) is 26.0 Å². The monoisotopic (exact) mass is 378 g/mol. The van der Waals surface area contributed by atoms with Crippen LogP contribution in [0.25, 0.3) is 27.1 Å². The van der Waals surface area contributed by atoms with Crippen molar-refractivity contribution >= 4 is 33.9 Å². The Kier molecular flexibility index (Phi) is 3.59. The van der Waals surface area contributed by atoms with Crippen molar-refractivity contribution < 1.29 is 8.78 Å². The Morgan fingerprint density at radius 3 is 2.93 bits per heavy atom. The fraction of sp³-hybridized carbons (Fsp3) is 0.167. The highest BCUT2D eigenvalue weighted by molar-refractivity contribution is 5.95. The highest BCUT2D eigenvalue weighted by Gasteiger charge is 2.24. The molecule has 4 aromatic rings. The van der Waals surface area contributed by atoms with E-state index in [0.29, 0.717) is 34.7 Å². The molecular weight excluding hydrogens is 366 g/mol. The van der Waals surface area contributed by atoms with Gasteiger partial charge in [-0.25, -0.2) is 8.78 Å². The van der Waals surface area contributed by atoms with Crippen LogP contribution in [-0.4, -0.2) is 26.1 Å². The Bertz CT molecular complexity index is 1290. The molecule has 3 heterocycles. The summed E-state index contributed by atoms with van der Waals surface area (Å²) in [6.07, 6.45) is 3.13. The first kappa shape index (κ1) is 16.4. The predicted octanol–water partition coefficient (Wildman–Crippen LogP) is 4.58. The highest BCUT2D eigenvalue weighted by atomic mass is 19.1. The van der Waals surface area contributed by atoms with E-state index in [0.717, 1.165) is 18.4 Å². The number of nitrogens with zero attached hydrogens (tertiary/aromatic N) is 8. The molecule has 0 aliphatic carbocycles. The minimum absolute atomic E-state index is 0.132.